The van der Waals surface area contributed by atoms with Gasteiger partial charge in [0.25, 0.3) is 5.56 Å². The molecule has 0 amide bonds. The molecule has 0 spiro atoms. The van der Waals surface area contributed by atoms with E-state index in [0.717, 1.165) is 5.69 Å². The molecule has 2 aromatic heterocycles. The number of benzene rings is 1. The van der Waals surface area contributed by atoms with Gasteiger partial charge in [-0.3, -0.25) is 9.89 Å². The number of H-pyrrole nitrogens is 1. The molecule has 0 aliphatic heterocycles. The van der Waals surface area contributed by atoms with Crippen LogP contribution in [-0.2, 0) is 0 Å². The number of halogens is 1. The normalized spacial score (nSPS) is 10.9. The number of nitrogens with one attached hydrogen (secondary N) is 1. The summed E-state index contributed by atoms with van der Waals surface area (Å²) in [5.74, 6) is 0. The maximum atomic E-state index is 12.1. The Morgan fingerprint density at radius 1 is 1.18 bits per heavy atom. The van der Waals surface area contributed by atoms with Crippen molar-refractivity contribution in [2.75, 3.05) is 0 Å². The summed E-state index contributed by atoms with van der Waals surface area (Å²) in [7, 11) is 0. The van der Waals surface area contributed by atoms with Gasteiger partial charge in [0.05, 0.1) is 5.69 Å². The lowest BCUT2D eigenvalue weighted by atomic mass is 10.3. The fraction of sp³-hybridized carbons (Fsp3) is 0. The van der Waals surface area contributed by atoms with Gasteiger partial charge in [-0.1, -0.05) is 29.8 Å². The summed E-state index contributed by atoms with van der Waals surface area (Å²) in [6, 6.07) is 9.21. The SMILES string of the molecule is O=c1c2c(Cl)ncnc2[nH]n1-c1ccccc1. The molecule has 0 radical (unpaired) electrons. The van der Waals surface area contributed by atoms with Gasteiger partial charge in [-0.15, -0.1) is 0 Å². The Hall–Kier alpha value is -2.14. The van der Waals surface area contributed by atoms with E-state index < -0.39 is 0 Å². The van der Waals surface area contributed by atoms with Crippen LogP contribution in [0.2, 0.25) is 5.15 Å². The van der Waals surface area contributed by atoms with E-state index in [9.17, 15) is 4.79 Å². The molecule has 1 aromatic carbocycles. The first-order chi connectivity index (χ1) is 8.27. The molecule has 5 nitrogen and oxygen atoms in total. The van der Waals surface area contributed by atoms with E-state index in [2.05, 4.69) is 15.1 Å². The lowest BCUT2D eigenvalue weighted by Crippen LogP contribution is -2.14. The highest BCUT2D eigenvalue weighted by Gasteiger charge is 2.12. The van der Waals surface area contributed by atoms with E-state index in [1.165, 1.54) is 11.0 Å². The average Bonchev–Trinajstić information content (AvgIpc) is 2.69. The minimum absolute atomic E-state index is 0.158. The van der Waals surface area contributed by atoms with Crippen LogP contribution in [-0.4, -0.2) is 19.7 Å². The number of aromatic amines is 1. The molecular formula is C11H7ClN4O. The Labute approximate surface area is 101 Å². The molecule has 17 heavy (non-hydrogen) atoms. The molecule has 0 atom stereocenters. The van der Waals surface area contributed by atoms with Crippen LogP contribution in [0.4, 0.5) is 0 Å². The molecular weight excluding hydrogens is 240 g/mol. The fourth-order valence-electron chi connectivity index (χ4n) is 1.67. The van der Waals surface area contributed by atoms with Crippen molar-refractivity contribution < 1.29 is 0 Å². The van der Waals surface area contributed by atoms with Gasteiger partial charge in [-0.05, 0) is 12.1 Å². The molecule has 0 saturated heterocycles. The quantitative estimate of drug-likeness (QED) is 0.666. The smallest absolute Gasteiger partial charge is 0.273 e. The third kappa shape index (κ3) is 1.52. The predicted octanol–water partition coefficient (Wildman–Crippen LogP) is 1.76. The monoisotopic (exact) mass is 246 g/mol. The second-order valence-electron chi connectivity index (χ2n) is 3.48. The van der Waals surface area contributed by atoms with E-state index in [-0.39, 0.29) is 10.7 Å². The van der Waals surface area contributed by atoms with E-state index in [0.29, 0.717) is 11.0 Å². The van der Waals surface area contributed by atoms with Gasteiger partial charge in [-0.25, -0.2) is 14.6 Å². The van der Waals surface area contributed by atoms with Crippen LogP contribution in [0.3, 0.4) is 0 Å². The van der Waals surface area contributed by atoms with Crippen LogP contribution in [0.5, 0.6) is 0 Å². The molecule has 0 aliphatic carbocycles. The summed E-state index contributed by atoms with van der Waals surface area (Å²) < 4.78 is 1.39. The van der Waals surface area contributed by atoms with Crippen LogP contribution in [0, 0.1) is 0 Å². The van der Waals surface area contributed by atoms with Gasteiger partial charge >= 0.3 is 0 Å². The maximum Gasteiger partial charge on any atom is 0.283 e. The van der Waals surface area contributed by atoms with Gasteiger partial charge in [0, 0.05) is 0 Å². The van der Waals surface area contributed by atoms with Gasteiger partial charge in [-0.2, -0.15) is 0 Å². The van der Waals surface area contributed by atoms with Crippen molar-refractivity contribution in [3.05, 3.63) is 52.2 Å². The molecule has 2 heterocycles. The Bertz CT molecular complexity index is 732. The van der Waals surface area contributed by atoms with Crippen LogP contribution >= 0.6 is 11.6 Å². The zero-order chi connectivity index (χ0) is 11.8. The summed E-state index contributed by atoms with van der Waals surface area (Å²) >= 11 is 5.88. The number of hydrogen-bond donors (Lipinski definition) is 1. The summed E-state index contributed by atoms with van der Waals surface area (Å²) in [5.41, 5.74) is 0.905. The van der Waals surface area contributed by atoms with Crippen LogP contribution < -0.4 is 5.56 Å². The average molecular weight is 247 g/mol. The maximum absolute atomic E-state index is 12.1. The molecule has 84 valence electrons. The Morgan fingerprint density at radius 3 is 2.65 bits per heavy atom. The molecule has 0 unspecified atom stereocenters. The predicted molar refractivity (Wildman–Crippen MR) is 64.5 cm³/mol. The van der Waals surface area contributed by atoms with Crippen LogP contribution in [0.1, 0.15) is 0 Å². The highest BCUT2D eigenvalue weighted by molar-refractivity contribution is 6.33. The van der Waals surface area contributed by atoms with Gasteiger partial charge in [0.1, 0.15) is 16.9 Å². The number of para-hydroxylation sites is 1. The van der Waals surface area contributed by atoms with Crippen molar-refractivity contribution in [3.8, 4) is 5.69 Å². The lowest BCUT2D eigenvalue weighted by molar-refractivity contribution is 0.858. The Kier molecular flexibility index (Phi) is 2.19. The van der Waals surface area contributed by atoms with E-state index in [1.807, 2.05) is 30.3 Å². The van der Waals surface area contributed by atoms with Crippen molar-refractivity contribution in [1.82, 2.24) is 19.7 Å². The van der Waals surface area contributed by atoms with Gasteiger partial charge in [0.15, 0.2) is 5.65 Å². The van der Waals surface area contributed by atoms with E-state index in [4.69, 9.17) is 11.6 Å². The molecule has 3 rings (SSSR count). The molecule has 3 aromatic rings. The summed E-state index contributed by atoms with van der Waals surface area (Å²) in [6.45, 7) is 0. The van der Waals surface area contributed by atoms with Crippen LogP contribution in [0.25, 0.3) is 16.7 Å². The minimum atomic E-state index is -0.253. The lowest BCUT2D eigenvalue weighted by Gasteiger charge is -1.98. The first-order valence-electron chi connectivity index (χ1n) is 4.94. The third-order valence-electron chi connectivity index (χ3n) is 2.45. The molecule has 0 fully saturated rings. The number of nitrogens with zero attached hydrogens (tertiary/aromatic N) is 3. The van der Waals surface area contributed by atoms with Crippen molar-refractivity contribution in [1.29, 1.82) is 0 Å². The van der Waals surface area contributed by atoms with Gasteiger partial charge < -0.3 is 0 Å². The summed E-state index contributed by atoms with van der Waals surface area (Å²) in [6.07, 6.45) is 1.32. The number of rotatable bonds is 1. The summed E-state index contributed by atoms with van der Waals surface area (Å²) in [5, 5.41) is 3.35. The minimum Gasteiger partial charge on any atom is -0.273 e. The first-order valence-corrected chi connectivity index (χ1v) is 5.32. The van der Waals surface area contributed by atoms with E-state index in [1.54, 1.807) is 0 Å². The number of hydrogen-bond acceptors (Lipinski definition) is 3. The Morgan fingerprint density at radius 2 is 1.94 bits per heavy atom. The number of aromatic nitrogens is 4. The fourth-order valence-corrected chi connectivity index (χ4v) is 1.88. The number of fused-ring (bicyclic) bond motifs is 1. The zero-order valence-corrected chi connectivity index (χ0v) is 9.35. The first kappa shape index (κ1) is 10.0. The summed E-state index contributed by atoms with van der Waals surface area (Å²) in [4.78, 5) is 19.9. The standard InChI is InChI=1S/C11H7ClN4O/c12-9-8-10(14-6-13-9)15-16(11(8)17)7-4-2-1-3-5-7/h1-6H,(H,13,14,15). The highest BCUT2D eigenvalue weighted by Crippen LogP contribution is 2.14. The second-order valence-corrected chi connectivity index (χ2v) is 3.83. The Balaban J connectivity index is 2.37. The van der Waals surface area contributed by atoms with Crippen molar-refractivity contribution in [2.24, 2.45) is 0 Å². The van der Waals surface area contributed by atoms with E-state index >= 15 is 0 Å². The molecule has 6 heteroatoms. The largest absolute Gasteiger partial charge is 0.283 e. The topological polar surface area (TPSA) is 63.6 Å². The van der Waals surface area contributed by atoms with Crippen molar-refractivity contribution in [3.63, 3.8) is 0 Å². The van der Waals surface area contributed by atoms with Crippen LogP contribution in [0.15, 0.2) is 41.5 Å². The molecule has 0 bridgehead atoms. The second kappa shape index (κ2) is 3.71. The molecule has 0 saturated carbocycles. The molecule has 1 N–H and O–H groups in total. The third-order valence-corrected chi connectivity index (χ3v) is 2.74. The highest BCUT2D eigenvalue weighted by atomic mass is 35.5. The zero-order valence-electron chi connectivity index (χ0n) is 8.59. The molecule has 0 aliphatic rings. The van der Waals surface area contributed by atoms with Crippen molar-refractivity contribution >= 4 is 22.6 Å². The van der Waals surface area contributed by atoms with Crippen molar-refractivity contribution in [2.45, 2.75) is 0 Å². The van der Waals surface area contributed by atoms with Gasteiger partial charge in [0.2, 0.25) is 0 Å².